The lowest BCUT2D eigenvalue weighted by Gasteiger charge is -2.12. The molecule has 0 heterocycles. The van der Waals surface area contributed by atoms with Gasteiger partial charge < -0.3 is 14.2 Å². The molecule has 0 aromatic carbocycles. The fourth-order valence-corrected chi connectivity index (χ4v) is 1.56. The molecule has 0 aromatic heterocycles. The number of nitrogens with zero attached hydrogens (tertiary/aromatic N) is 1. The number of hydrogen-bond acceptors (Lipinski definition) is 5. The molecule has 0 radical (unpaired) electrons. The minimum Gasteiger partial charge on any atom is -0.478 e. The fraction of sp³-hybridized carbons (Fsp3) is 0.667. The minimum atomic E-state index is -4.69. The van der Waals surface area contributed by atoms with Crippen molar-refractivity contribution in [3.63, 3.8) is 0 Å². The van der Waals surface area contributed by atoms with Gasteiger partial charge in [-0.25, -0.2) is 4.79 Å². The molecule has 2 N–H and O–H groups in total. The normalized spacial score (nSPS) is 13.5. The van der Waals surface area contributed by atoms with Crippen molar-refractivity contribution in [1.82, 2.24) is 4.90 Å². The lowest BCUT2D eigenvalue weighted by atomic mass is 10.2. The SMILES string of the molecule is CC(C(=O)O)=C(CCCN(C)C)OS(=O)(=O)O. The summed E-state index contributed by atoms with van der Waals surface area (Å²) in [7, 11) is -1.03. The van der Waals surface area contributed by atoms with Crippen LogP contribution in [0.2, 0.25) is 0 Å². The van der Waals surface area contributed by atoms with Gasteiger partial charge in [0.15, 0.2) is 0 Å². The van der Waals surface area contributed by atoms with Gasteiger partial charge in [0.25, 0.3) is 0 Å². The molecule has 0 bridgehead atoms. The molecule has 0 saturated carbocycles. The first-order valence-corrected chi connectivity index (χ1v) is 6.24. The Morgan fingerprint density at radius 2 is 1.88 bits per heavy atom. The van der Waals surface area contributed by atoms with E-state index < -0.39 is 16.4 Å². The van der Waals surface area contributed by atoms with Crippen molar-refractivity contribution in [2.24, 2.45) is 0 Å². The maximum absolute atomic E-state index is 10.7. The van der Waals surface area contributed by atoms with E-state index in [9.17, 15) is 13.2 Å². The Morgan fingerprint density at radius 3 is 2.24 bits per heavy atom. The molecule has 0 atom stereocenters. The topological polar surface area (TPSA) is 104 Å². The summed E-state index contributed by atoms with van der Waals surface area (Å²) < 4.78 is 33.9. The van der Waals surface area contributed by atoms with E-state index in [0.29, 0.717) is 13.0 Å². The van der Waals surface area contributed by atoms with Gasteiger partial charge in [-0.1, -0.05) is 0 Å². The summed E-state index contributed by atoms with van der Waals surface area (Å²) >= 11 is 0. The fourth-order valence-electron chi connectivity index (χ4n) is 1.09. The van der Waals surface area contributed by atoms with Gasteiger partial charge in [0, 0.05) is 6.42 Å². The van der Waals surface area contributed by atoms with Gasteiger partial charge in [-0.15, -0.1) is 0 Å². The quantitative estimate of drug-likeness (QED) is 0.393. The van der Waals surface area contributed by atoms with E-state index in [0.717, 1.165) is 0 Å². The third-order valence-electron chi connectivity index (χ3n) is 1.95. The Hall–Kier alpha value is -1.12. The standard InChI is InChI=1S/C9H17NO6S/c1-7(9(11)12)8(16-17(13,14)15)5-4-6-10(2)3/h4-6H2,1-3H3,(H,11,12)(H,13,14,15). The number of carboxylic acid groups (broad SMARTS) is 1. The van der Waals surface area contributed by atoms with Crippen LogP contribution >= 0.6 is 0 Å². The van der Waals surface area contributed by atoms with E-state index in [1.165, 1.54) is 6.92 Å². The maximum Gasteiger partial charge on any atom is 0.446 e. The molecule has 17 heavy (non-hydrogen) atoms. The summed E-state index contributed by atoms with van der Waals surface area (Å²) in [5, 5.41) is 8.73. The van der Waals surface area contributed by atoms with E-state index >= 15 is 0 Å². The molecule has 0 aromatic rings. The summed E-state index contributed by atoms with van der Waals surface area (Å²) in [4.78, 5) is 12.6. The van der Waals surface area contributed by atoms with Gasteiger partial charge in [-0.2, -0.15) is 8.42 Å². The predicted molar refractivity (Wildman–Crippen MR) is 60.8 cm³/mol. The van der Waals surface area contributed by atoms with Crippen molar-refractivity contribution in [2.45, 2.75) is 19.8 Å². The van der Waals surface area contributed by atoms with Crippen LogP contribution in [-0.2, 0) is 19.4 Å². The van der Waals surface area contributed by atoms with Crippen LogP contribution in [0.3, 0.4) is 0 Å². The number of carboxylic acids is 1. The molecule has 0 saturated heterocycles. The zero-order valence-electron chi connectivity index (χ0n) is 10.0. The first-order chi connectivity index (χ1) is 7.63. The largest absolute Gasteiger partial charge is 0.478 e. The highest BCUT2D eigenvalue weighted by Crippen LogP contribution is 2.15. The molecular weight excluding hydrogens is 250 g/mol. The number of allylic oxidation sites excluding steroid dienone is 1. The third kappa shape index (κ3) is 7.72. The van der Waals surface area contributed by atoms with Crippen molar-refractivity contribution >= 4 is 16.4 Å². The van der Waals surface area contributed by atoms with E-state index in [4.69, 9.17) is 9.66 Å². The van der Waals surface area contributed by atoms with Gasteiger partial charge >= 0.3 is 16.4 Å². The summed E-state index contributed by atoms with van der Waals surface area (Å²) in [6, 6.07) is 0. The van der Waals surface area contributed by atoms with Crippen LogP contribution < -0.4 is 0 Å². The molecule has 8 heteroatoms. The molecule has 0 aliphatic heterocycles. The first kappa shape index (κ1) is 15.9. The van der Waals surface area contributed by atoms with E-state index in [2.05, 4.69) is 4.18 Å². The van der Waals surface area contributed by atoms with Crippen LogP contribution in [0.25, 0.3) is 0 Å². The summed E-state index contributed by atoms with van der Waals surface area (Å²) in [6.45, 7) is 1.86. The van der Waals surface area contributed by atoms with Gasteiger partial charge in [0.1, 0.15) is 5.76 Å². The first-order valence-electron chi connectivity index (χ1n) is 4.88. The zero-order valence-corrected chi connectivity index (χ0v) is 10.8. The average molecular weight is 267 g/mol. The lowest BCUT2D eigenvalue weighted by Crippen LogP contribution is -2.15. The molecule has 0 aliphatic rings. The van der Waals surface area contributed by atoms with Crippen molar-refractivity contribution in [2.75, 3.05) is 20.6 Å². The molecule has 100 valence electrons. The molecular formula is C9H17NO6S. The molecule has 0 aliphatic carbocycles. The number of rotatable bonds is 7. The monoisotopic (exact) mass is 267 g/mol. The highest BCUT2D eigenvalue weighted by Gasteiger charge is 2.16. The van der Waals surface area contributed by atoms with Crippen LogP contribution in [-0.4, -0.2) is 49.6 Å². The van der Waals surface area contributed by atoms with Gasteiger partial charge in [-0.3, -0.25) is 4.55 Å². The van der Waals surface area contributed by atoms with Crippen molar-refractivity contribution in [1.29, 1.82) is 0 Å². The van der Waals surface area contributed by atoms with E-state index in [1.807, 2.05) is 19.0 Å². The van der Waals surface area contributed by atoms with E-state index in [1.54, 1.807) is 0 Å². The molecule has 0 amide bonds. The maximum atomic E-state index is 10.7. The predicted octanol–water partition coefficient (Wildman–Crippen LogP) is 0.506. The molecule has 0 fully saturated rings. The Labute approximate surface area is 101 Å². The number of hydrogen-bond donors (Lipinski definition) is 2. The minimum absolute atomic E-state index is 0.121. The Morgan fingerprint density at radius 1 is 1.35 bits per heavy atom. The summed E-state index contributed by atoms with van der Waals surface area (Å²) in [6.07, 6.45) is 0.637. The van der Waals surface area contributed by atoms with Crippen molar-refractivity contribution in [3.05, 3.63) is 11.3 Å². The highest BCUT2D eigenvalue weighted by molar-refractivity contribution is 7.81. The summed E-state index contributed by atoms with van der Waals surface area (Å²) in [5.74, 6) is -1.53. The Bertz CT molecular complexity index is 398. The Kier molecular flexibility index (Phi) is 6.14. The van der Waals surface area contributed by atoms with Crippen molar-refractivity contribution < 1.29 is 27.1 Å². The van der Waals surface area contributed by atoms with Crippen LogP contribution in [0.4, 0.5) is 0 Å². The second-order valence-electron chi connectivity index (χ2n) is 3.77. The van der Waals surface area contributed by atoms with Crippen molar-refractivity contribution in [3.8, 4) is 0 Å². The van der Waals surface area contributed by atoms with Crippen LogP contribution in [0.5, 0.6) is 0 Å². The highest BCUT2D eigenvalue weighted by atomic mass is 32.3. The molecule has 0 unspecified atom stereocenters. The average Bonchev–Trinajstić information content (AvgIpc) is 2.12. The second kappa shape index (κ2) is 6.58. The molecule has 0 spiro atoms. The Balaban J connectivity index is 4.76. The smallest absolute Gasteiger partial charge is 0.446 e. The zero-order chi connectivity index (χ0) is 13.6. The van der Waals surface area contributed by atoms with Crippen LogP contribution in [0.1, 0.15) is 19.8 Å². The number of carbonyl (C=O) groups is 1. The van der Waals surface area contributed by atoms with Gasteiger partial charge in [0.05, 0.1) is 5.57 Å². The molecule has 7 nitrogen and oxygen atoms in total. The number of aliphatic carboxylic acids is 1. The second-order valence-corrected chi connectivity index (χ2v) is 4.79. The molecule has 0 rings (SSSR count). The van der Waals surface area contributed by atoms with Gasteiger partial charge in [-0.05, 0) is 34.0 Å². The van der Waals surface area contributed by atoms with E-state index in [-0.39, 0.29) is 17.8 Å². The lowest BCUT2D eigenvalue weighted by molar-refractivity contribution is -0.132. The van der Waals surface area contributed by atoms with Gasteiger partial charge in [0.2, 0.25) is 0 Å². The third-order valence-corrected chi connectivity index (χ3v) is 2.37. The van der Waals surface area contributed by atoms with Crippen LogP contribution in [0.15, 0.2) is 11.3 Å². The summed E-state index contributed by atoms with van der Waals surface area (Å²) in [5.41, 5.74) is -0.235. The van der Waals surface area contributed by atoms with Crippen LogP contribution in [0, 0.1) is 0 Å².